The van der Waals surface area contributed by atoms with Gasteiger partial charge in [-0.15, -0.1) is 0 Å². The fourth-order valence-corrected chi connectivity index (χ4v) is 3.26. The molecule has 0 heterocycles. The van der Waals surface area contributed by atoms with E-state index in [9.17, 15) is 13.0 Å². The van der Waals surface area contributed by atoms with Crippen LogP contribution in [0.4, 0.5) is 0 Å². The minimum absolute atomic E-state index is 0.0655. The van der Waals surface area contributed by atoms with Gasteiger partial charge in [0, 0.05) is 10.8 Å². The second-order valence-electron chi connectivity index (χ2n) is 4.91. The summed E-state index contributed by atoms with van der Waals surface area (Å²) in [6, 6.07) is 16.9. The van der Waals surface area contributed by atoms with Crippen LogP contribution in [-0.4, -0.2) is 13.0 Å². The van der Waals surface area contributed by atoms with Crippen LogP contribution in [0, 0.1) is 0 Å². The van der Waals surface area contributed by atoms with Gasteiger partial charge >= 0.3 is 0 Å². The highest BCUT2D eigenvalue weighted by molar-refractivity contribution is 7.81. The van der Waals surface area contributed by atoms with E-state index >= 15 is 0 Å². The van der Waals surface area contributed by atoms with Crippen LogP contribution in [0.5, 0.6) is 5.75 Å². The standard InChI is InChI=1S/C16H10O4S/c17-21(18,19)20-14-9-7-12-5-4-10-2-1-3-11-6-8-13(14)16(12)15(10)11/h1-9H,(H,17,18,19)/p-1. The molecule has 4 nitrogen and oxygen atoms in total. The molecule has 4 aromatic carbocycles. The summed E-state index contributed by atoms with van der Waals surface area (Å²) in [7, 11) is -4.79. The highest BCUT2D eigenvalue weighted by atomic mass is 32.3. The second-order valence-corrected chi connectivity index (χ2v) is 5.89. The smallest absolute Gasteiger partial charge is 0.262 e. The Morgan fingerprint density at radius 3 is 2.00 bits per heavy atom. The molecule has 0 unspecified atom stereocenters. The number of rotatable bonds is 2. The maximum atomic E-state index is 10.9. The fraction of sp³-hybridized carbons (Fsp3) is 0. The number of hydrogen-bond donors (Lipinski definition) is 0. The lowest BCUT2D eigenvalue weighted by molar-refractivity contribution is 0.374. The summed E-state index contributed by atoms with van der Waals surface area (Å²) in [6.45, 7) is 0. The lowest BCUT2D eigenvalue weighted by atomic mass is 9.94. The molecule has 0 aliphatic heterocycles. The van der Waals surface area contributed by atoms with Gasteiger partial charge in [-0.05, 0) is 33.7 Å². The molecule has 0 aromatic heterocycles. The second kappa shape index (κ2) is 4.07. The molecule has 4 rings (SSSR count). The van der Waals surface area contributed by atoms with Crippen molar-refractivity contribution in [2.75, 3.05) is 0 Å². The van der Waals surface area contributed by atoms with Gasteiger partial charge in [-0.3, -0.25) is 0 Å². The van der Waals surface area contributed by atoms with Crippen molar-refractivity contribution in [2.45, 2.75) is 0 Å². The number of benzene rings is 4. The molecule has 0 N–H and O–H groups in total. The van der Waals surface area contributed by atoms with Gasteiger partial charge < -0.3 is 8.74 Å². The van der Waals surface area contributed by atoms with Gasteiger partial charge in [0.05, 0.1) is 0 Å². The van der Waals surface area contributed by atoms with Gasteiger partial charge in [-0.1, -0.05) is 42.5 Å². The first-order valence-electron chi connectivity index (χ1n) is 6.35. The first kappa shape index (κ1) is 12.4. The van der Waals surface area contributed by atoms with Gasteiger partial charge in [0.25, 0.3) is 10.4 Å². The molecule has 0 saturated carbocycles. The van der Waals surface area contributed by atoms with Crippen molar-refractivity contribution >= 4 is 42.7 Å². The summed E-state index contributed by atoms with van der Waals surface area (Å²) >= 11 is 0. The third-order valence-corrected chi connectivity index (χ3v) is 4.06. The fourth-order valence-electron chi connectivity index (χ4n) is 2.89. The van der Waals surface area contributed by atoms with E-state index < -0.39 is 10.4 Å². The first-order chi connectivity index (χ1) is 10.0. The van der Waals surface area contributed by atoms with E-state index in [0.717, 1.165) is 26.9 Å². The van der Waals surface area contributed by atoms with Crippen LogP contribution >= 0.6 is 0 Å². The molecule has 0 saturated heterocycles. The van der Waals surface area contributed by atoms with E-state index in [1.165, 1.54) is 6.07 Å². The zero-order valence-electron chi connectivity index (χ0n) is 10.7. The van der Waals surface area contributed by atoms with Crippen molar-refractivity contribution in [2.24, 2.45) is 0 Å². The van der Waals surface area contributed by atoms with Crippen LogP contribution in [0.2, 0.25) is 0 Å². The molecule has 0 spiro atoms. The van der Waals surface area contributed by atoms with Crippen molar-refractivity contribution in [3.8, 4) is 5.75 Å². The predicted molar refractivity (Wildman–Crippen MR) is 80.5 cm³/mol. The lowest BCUT2D eigenvalue weighted by Crippen LogP contribution is -2.07. The van der Waals surface area contributed by atoms with Crippen molar-refractivity contribution in [1.82, 2.24) is 0 Å². The molecule has 0 bridgehead atoms. The average molecular weight is 297 g/mol. The highest BCUT2D eigenvalue weighted by Crippen LogP contribution is 2.38. The minimum atomic E-state index is -4.79. The average Bonchev–Trinajstić information content (AvgIpc) is 2.45. The Labute approximate surface area is 120 Å². The molecule has 0 aliphatic rings. The summed E-state index contributed by atoms with van der Waals surface area (Å²) in [5.41, 5.74) is 0. The van der Waals surface area contributed by atoms with Crippen LogP contribution in [0.3, 0.4) is 0 Å². The Kier molecular flexibility index (Phi) is 2.40. The molecular formula is C16H9O4S-. The van der Waals surface area contributed by atoms with Crippen LogP contribution in [0.15, 0.2) is 54.6 Å². The summed E-state index contributed by atoms with van der Waals surface area (Å²) < 4.78 is 37.2. The molecule has 0 atom stereocenters. The first-order valence-corrected chi connectivity index (χ1v) is 7.68. The van der Waals surface area contributed by atoms with Crippen molar-refractivity contribution < 1.29 is 17.2 Å². The zero-order chi connectivity index (χ0) is 14.6. The maximum absolute atomic E-state index is 10.9. The zero-order valence-corrected chi connectivity index (χ0v) is 11.6. The van der Waals surface area contributed by atoms with Crippen LogP contribution in [-0.2, 0) is 10.4 Å². The largest absolute Gasteiger partial charge is 0.716 e. The Morgan fingerprint density at radius 1 is 0.762 bits per heavy atom. The van der Waals surface area contributed by atoms with E-state index in [1.54, 1.807) is 12.1 Å². The molecule has 0 fully saturated rings. The topological polar surface area (TPSA) is 66.4 Å². The quantitative estimate of drug-likeness (QED) is 0.323. The maximum Gasteiger partial charge on any atom is 0.262 e. The summed E-state index contributed by atoms with van der Waals surface area (Å²) in [5, 5.41) is 5.68. The predicted octanol–water partition coefficient (Wildman–Crippen LogP) is 3.42. The molecule has 4 aromatic rings. The SMILES string of the molecule is O=S(=O)([O-])Oc1ccc2ccc3cccc4ccc1c2c34. The summed E-state index contributed by atoms with van der Waals surface area (Å²) in [6.07, 6.45) is 0. The monoisotopic (exact) mass is 297 g/mol. The normalized spacial score (nSPS) is 12.4. The van der Waals surface area contributed by atoms with E-state index in [1.807, 2.05) is 36.4 Å². The molecule has 5 heteroatoms. The van der Waals surface area contributed by atoms with Crippen molar-refractivity contribution in [3.63, 3.8) is 0 Å². The molecule has 0 radical (unpaired) electrons. The molecule has 21 heavy (non-hydrogen) atoms. The van der Waals surface area contributed by atoms with E-state index in [-0.39, 0.29) is 5.75 Å². The van der Waals surface area contributed by atoms with E-state index in [4.69, 9.17) is 0 Å². The third-order valence-electron chi connectivity index (χ3n) is 3.68. The van der Waals surface area contributed by atoms with Crippen molar-refractivity contribution in [3.05, 3.63) is 54.6 Å². The molecule has 0 amide bonds. The van der Waals surface area contributed by atoms with Gasteiger partial charge in [-0.25, -0.2) is 8.42 Å². The molecule has 104 valence electrons. The highest BCUT2D eigenvalue weighted by Gasteiger charge is 2.12. The van der Waals surface area contributed by atoms with E-state index in [2.05, 4.69) is 4.18 Å². The lowest BCUT2D eigenvalue weighted by Gasteiger charge is -2.15. The Balaban J connectivity index is 2.20. The summed E-state index contributed by atoms with van der Waals surface area (Å²) in [4.78, 5) is 0. The van der Waals surface area contributed by atoms with Gasteiger partial charge in [-0.2, -0.15) is 0 Å². The summed E-state index contributed by atoms with van der Waals surface area (Å²) in [5.74, 6) is 0.0655. The van der Waals surface area contributed by atoms with Gasteiger partial charge in [0.1, 0.15) is 5.75 Å². The third kappa shape index (κ3) is 1.90. The van der Waals surface area contributed by atoms with Crippen molar-refractivity contribution in [1.29, 1.82) is 0 Å². The van der Waals surface area contributed by atoms with Gasteiger partial charge in [0.15, 0.2) is 0 Å². The Morgan fingerprint density at radius 2 is 1.33 bits per heavy atom. The number of hydrogen-bond acceptors (Lipinski definition) is 4. The van der Waals surface area contributed by atoms with Gasteiger partial charge in [0.2, 0.25) is 0 Å². The molecule has 0 aliphatic carbocycles. The van der Waals surface area contributed by atoms with Crippen LogP contribution in [0.25, 0.3) is 32.3 Å². The minimum Gasteiger partial charge on any atom is -0.716 e. The van der Waals surface area contributed by atoms with Crippen LogP contribution in [0.1, 0.15) is 0 Å². The Bertz CT molecular complexity index is 1070. The Hall–Kier alpha value is -2.37. The van der Waals surface area contributed by atoms with E-state index in [0.29, 0.717) is 5.39 Å². The van der Waals surface area contributed by atoms with Crippen LogP contribution < -0.4 is 4.18 Å². The molecular weight excluding hydrogens is 288 g/mol.